The average Bonchev–Trinajstić information content (AvgIpc) is 2.03. The quantitative estimate of drug-likeness (QED) is 0.245. The van der Waals surface area contributed by atoms with Crippen molar-refractivity contribution in [2.45, 2.75) is 11.8 Å². The summed E-state index contributed by atoms with van der Waals surface area (Å²) in [4.78, 5) is -0.286. The zero-order chi connectivity index (χ0) is 10.1. The fourth-order valence-electron chi connectivity index (χ4n) is 0.912. The zero-order valence-electron chi connectivity index (χ0n) is 7.94. The Morgan fingerprint density at radius 3 is 2.43 bits per heavy atom. The zero-order valence-corrected chi connectivity index (χ0v) is 10.8. The monoisotopic (exact) mass is 224 g/mol. The molecule has 0 saturated carbocycles. The molecule has 0 atom stereocenters. The van der Waals surface area contributed by atoms with Gasteiger partial charge in [0.2, 0.25) is 0 Å². The van der Waals surface area contributed by atoms with Crippen LogP contribution in [0.5, 0.6) is 0 Å². The van der Waals surface area contributed by atoms with E-state index in [0.717, 1.165) is 5.56 Å². The van der Waals surface area contributed by atoms with Gasteiger partial charge in [-0.15, -0.1) is 0 Å². The maximum absolute atomic E-state index is 10.6. The average molecular weight is 224 g/mol. The van der Waals surface area contributed by atoms with Gasteiger partial charge in [-0.2, -0.15) is 0 Å². The van der Waals surface area contributed by atoms with Crippen LogP contribution >= 0.6 is 0 Å². The summed E-state index contributed by atoms with van der Waals surface area (Å²) in [5.41, 5.74) is 3.51. The number of hydrazine groups is 1. The molecule has 1 rings (SSSR count). The van der Waals surface area contributed by atoms with E-state index in [0.29, 0.717) is 5.69 Å². The fourth-order valence-corrected chi connectivity index (χ4v) is 1.41. The number of nitrogens with two attached hydrogens (primary N) is 1. The van der Waals surface area contributed by atoms with Crippen LogP contribution in [0.1, 0.15) is 5.56 Å². The molecule has 0 bridgehead atoms. The first-order valence-corrected chi connectivity index (χ1v) is 4.89. The fraction of sp³-hybridized carbons (Fsp3) is 0.143. The van der Waals surface area contributed by atoms with Gasteiger partial charge in [-0.25, -0.2) is 8.42 Å². The van der Waals surface area contributed by atoms with E-state index < -0.39 is 10.1 Å². The van der Waals surface area contributed by atoms with Gasteiger partial charge in [-0.05, 0) is 24.6 Å². The largest absolute Gasteiger partial charge is 1.00 e. The van der Waals surface area contributed by atoms with Crippen molar-refractivity contribution < 1.29 is 42.5 Å². The summed E-state index contributed by atoms with van der Waals surface area (Å²) in [5.74, 6) is 5.12. The molecular weight excluding hydrogens is 215 g/mol. The number of aryl methyl sites for hydroxylation is 1. The Kier molecular flexibility index (Phi) is 5.07. The molecule has 7 heteroatoms. The number of hydrogen-bond acceptors (Lipinski definition) is 5. The van der Waals surface area contributed by atoms with E-state index in [9.17, 15) is 13.0 Å². The summed E-state index contributed by atoms with van der Waals surface area (Å²) >= 11 is 0. The maximum atomic E-state index is 10.6. The number of hydrogen-bond donors (Lipinski definition) is 2. The van der Waals surface area contributed by atoms with Crippen LogP contribution in [0.4, 0.5) is 5.69 Å². The van der Waals surface area contributed by atoms with Gasteiger partial charge in [0.25, 0.3) is 0 Å². The van der Waals surface area contributed by atoms with Gasteiger partial charge in [0.1, 0.15) is 10.1 Å². The van der Waals surface area contributed by atoms with Gasteiger partial charge in [-0.1, -0.05) is 6.07 Å². The third kappa shape index (κ3) is 3.23. The Balaban J connectivity index is 0.00000169. The van der Waals surface area contributed by atoms with Crippen molar-refractivity contribution in [2.75, 3.05) is 5.43 Å². The molecule has 3 N–H and O–H groups in total. The van der Waals surface area contributed by atoms with Crippen molar-refractivity contribution >= 4 is 15.8 Å². The second-order valence-electron chi connectivity index (χ2n) is 2.58. The minimum absolute atomic E-state index is 0. The van der Waals surface area contributed by atoms with Crippen molar-refractivity contribution in [1.82, 2.24) is 0 Å². The Hall–Kier alpha value is -0.110. The molecule has 0 amide bonds. The van der Waals surface area contributed by atoms with Gasteiger partial charge < -0.3 is 9.98 Å². The summed E-state index contributed by atoms with van der Waals surface area (Å²) in [6.07, 6.45) is 0. The molecule has 0 fully saturated rings. The normalized spacial score (nSPS) is 10.5. The van der Waals surface area contributed by atoms with E-state index in [1.165, 1.54) is 18.2 Å². The summed E-state index contributed by atoms with van der Waals surface area (Å²) < 4.78 is 31.8. The first kappa shape index (κ1) is 13.9. The molecule has 1 aromatic rings. The summed E-state index contributed by atoms with van der Waals surface area (Å²) in [7, 11) is -4.40. The molecule has 1 aromatic carbocycles. The standard InChI is InChI=1S/C7H10N2O3S.Na/c1-5-2-3-6(13(10,11)12)4-7(5)9-8;/h2-4,9H,8H2,1H3,(H,10,11,12);/q;+1/p-1. The van der Waals surface area contributed by atoms with E-state index in [1.807, 2.05) is 0 Å². The number of rotatable bonds is 2. The van der Waals surface area contributed by atoms with E-state index >= 15 is 0 Å². The van der Waals surface area contributed by atoms with Gasteiger partial charge in [0.05, 0.1) is 10.6 Å². The second kappa shape index (κ2) is 5.11. The van der Waals surface area contributed by atoms with E-state index in [4.69, 9.17) is 5.84 Å². The first-order valence-electron chi connectivity index (χ1n) is 3.48. The number of nitrogen functional groups attached to an aromatic ring is 1. The molecule has 0 heterocycles. The van der Waals surface area contributed by atoms with Crippen LogP contribution in [0, 0.1) is 6.92 Å². The predicted molar refractivity (Wildman–Crippen MR) is 47.0 cm³/mol. The van der Waals surface area contributed by atoms with Crippen LogP contribution < -0.4 is 40.8 Å². The molecule has 0 spiro atoms. The minimum Gasteiger partial charge on any atom is -0.744 e. The van der Waals surface area contributed by atoms with E-state index in [1.54, 1.807) is 6.92 Å². The van der Waals surface area contributed by atoms with Gasteiger partial charge >= 0.3 is 29.6 Å². The van der Waals surface area contributed by atoms with Gasteiger partial charge in [-0.3, -0.25) is 5.84 Å². The van der Waals surface area contributed by atoms with Crippen LogP contribution in [0.3, 0.4) is 0 Å². The summed E-state index contributed by atoms with van der Waals surface area (Å²) in [5, 5.41) is 0. The molecule has 0 aromatic heterocycles. The van der Waals surface area contributed by atoms with E-state index in [-0.39, 0.29) is 34.5 Å². The van der Waals surface area contributed by atoms with Crippen LogP contribution in [0.2, 0.25) is 0 Å². The molecule has 0 saturated heterocycles. The smallest absolute Gasteiger partial charge is 0.744 e. The number of nitrogens with one attached hydrogen (secondary N) is 1. The molecule has 72 valence electrons. The van der Waals surface area contributed by atoms with Crippen LogP contribution in [0.15, 0.2) is 23.1 Å². The maximum Gasteiger partial charge on any atom is 1.00 e. The summed E-state index contributed by atoms with van der Waals surface area (Å²) in [6, 6.07) is 3.97. The molecule has 0 radical (unpaired) electrons. The summed E-state index contributed by atoms with van der Waals surface area (Å²) in [6.45, 7) is 1.75. The third-order valence-corrected chi connectivity index (χ3v) is 2.48. The van der Waals surface area contributed by atoms with Crippen molar-refractivity contribution in [2.24, 2.45) is 5.84 Å². The Morgan fingerprint density at radius 1 is 1.43 bits per heavy atom. The SMILES string of the molecule is Cc1ccc(S(=O)(=O)[O-])cc1NN.[Na+]. The molecule has 0 aliphatic heterocycles. The molecular formula is C7H9N2NaO3S. The van der Waals surface area contributed by atoms with Crippen LogP contribution in [0.25, 0.3) is 0 Å². The molecule has 0 unspecified atom stereocenters. The topological polar surface area (TPSA) is 95.2 Å². The van der Waals surface area contributed by atoms with Crippen molar-refractivity contribution in [3.8, 4) is 0 Å². The Labute approximate surface area is 105 Å². The van der Waals surface area contributed by atoms with E-state index in [2.05, 4.69) is 5.43 Å². The van der Waals surface area contributed by atoms with Gasteiger partial charge in [0, 0.05) is 0 Å². The third-order valence-electron chi connectivity index (χ3n) is 1.65. The molecule has 0 aliphatic carbocycles. The Bertz CT molecular complexity index is 419. The first-order chi connectivity index (χ1) is 5.95. The molecule has 14 heavy (non-hydrogen) atoms. The van der Waals surface area contributed by atoms with Crippen LogP contribution in [-0.2, 0) is 10.1 Å². The number of anilines is 1. The van der Waals surface area contributed by atoms with Crippen LogP contribution in [-0.4, -0.2) is 13.0 Å². The van der Waals surface area contributed by atoms with Crippen molar-refractivity contribution in [3.63, 3.8) is 0 Å². The minimum atomic E-state index is -4.40. The van der Waals surface area contributed by atoms with Crippen molar-refractivity contribution in [1.29, 1.82) is 0 Å². The molecule has 0 aliphatic rings. The second-order valence-corrected chi connectivity index (χ2v) is 3.95. The Morgan fingerprint density at radius 2 is 2.00 bits per heavy atom. The predicted octanol–water partition coefficient (Wildman–Crippen LogP) is -2.81. The van der Waals surface area contributed by atoms with Crippen molar-refractivity contribution in [3.05, 3.63) is 23.8 Å². The van der Waals surface area contributed by atoms with Gasteiger partial charge in [0.15, 0.2) is 0 Å². The number of benzene rings is 1. The molecule has 5 nitrogen and oxygen atoms in total.